The molecule has 2 aromatic carbocycles. The standard InChI is InChI=1S/C23H26FN3O3/c24-19-7-5-16(6-8-19)20-13-21(20)25-10-1-2-22(28)27-11-9-15-3-4-17(23(29)26-30)12-18(15)14-27/h3-8,12,20-21,25,30H,1-2,9-11,13-14H2,(H,26,29). The van der Waals surface area contributed by atoms with Crippen molar-refractivity contribution in [2.24, 2.45) is 0 Å². The third kappa shape index (κ3) is 4.68. The number of rotatable bonds is 7. The average molecular weight is 411 g/mol. The van der Waals surface area contributed by atoms with Crippen LogP contribution < -0.4 is 10.8 Å². The zero-order valence-corrected chi connectivity index (χ0v) is 16.7. The van der Waals surface area contributed by atoms with E-state index in [9.17, 15) is 14.0 Å². The van der Waals surface area contributed by atoms with Crippen molar-refractivity contribution in [3.63, 3.8) is 0 Å². The van der Waals surface area contributed by atoms with Crippen molar-refractivity contribution in [2.45, 2.75) is 44.2 Å². The highest BCUT2D eigenvalue weighted by Crippen LogP contribution is 2.40. The van der Waals surface area contributed by atoms with Gasteiger partial charge in [-0.3, -0.25) is 14.8 Å². The van der Waals surface area contributed by atoms with Crippen molar-refractivity contribution >= 4 is 11.8 Å². The fraction of sp³-hybridized carbons (Fsp3) is 0.391. The summed E-state index contributed by atoms with van der Waals surface area (Å²) in [5.41, 5.74) is 5.27. The molecule has 1 aliphatic heterocycles. The number of carbonyl (C=O) groups is 2. The summed E-state index contributed by atoms with van der Waals surface area (Å²) in [7, 11) is 0. The maximum Gasteiger partial charge on any atom is 0.274 e. The first-order chi connectivity index (χ1) is 14.5. The molecule has 0 bridgehead atoms. The van der Waals surface area contributed by atoms with E-state index in [0.717, 1.165) is 42.5 Å². The second-order valence-corrected chi connectivity index (χ2v) is 8.05. The van der Waals surface area contributed by atoms with Gasteiger partial charge in [-0.1, -0.05) is 18.2 Å². The van der Waals surface area contributed by atoms with Crippen LogP contribution in [0, 0.1) is 5.82 Å². The normalized spacial score (nSPS) is 19.9. The predicted octanol–water partition coefficient (Wildman–Crippen LogP) is 2.76. The molecule has 1 aliphatic carbocycles. The van der Waals surface area contributed by atoms with Crippen molar-refractivity contribution in [2.75, 3.05) is 13.1 Å². The SMILES string of the molecule is O=C(NO)c1ccc2c(c1)CN(C(=O)CCCNC1CC1c1ccc(F)cc1)CC2. The molecule has 1 fully saturated rings. The van der Waals surface area contributed by atoms with Crippen molar-refractivity contribution < 1.29 is 19.2 Å². The zero-order chi connectivity index (χ0) is 21.1. The molecule has 2 atom stereocenters. The molecule has 7 heteroatoms. The fourth-order valence-corrected chi connectivity index (χ4v) is 4.16. The predicted molar refractivity (Wildman–Crippen MR) is 110 cm³/mol. The molecule has 6 nitrogen and oxygen atoms in total. The van der Waals surface area contributed by atoms with Crippen LogP contribution in [0.4, 0.5) is 4.39 Å². The van der Waals surface area contributed by atoms with Gasteiger partial charge < -0.3 is 10.2 Å². The van der Waals surface area contributed by atoms with E-state index in [1.807, 2.05) is 23.1 Å². The average Bonchev–Trinajstić information content (AvgIpc) is 3.55. The Morgan fingerprint density at radius 1 is 1.13 bits per heavy atom. The minimum Gasteiger partial charge on any atom is -0.338 e. The second-order valence-electron chi connectivity index (χ2n) is 8.05. The van der Waals surface area contributed by atoms with Crippen molar-refractivity contribution in [3.8, 4) is 0 Å². The molecule has 2 unspecified atom stereocenters. The van der Waals surface area contributed by atoms with Gasteiger partial charge in [0.25, 0.3) is 5.91 Å². The number of carbonyl (C=O) groups excluding carboxylic acids is 2. The first-order valence-electron chi connectivity index (χ1n) is 10.4. The van der Waals surface area contributed by atoms with Crippen LogP contribution in [0.2, 0.25) is 0 Å². The summed E-state index contributed by atoms with van der Waals surface area (Å²) in [4.78, 5) is 26.1. The fourth-order valence-electron chi connectivity index (χ4n) is 4.16. The van der Waals surface area contributed by atoms with E-state index >= 15 is 0 Å². The molecule has 2 aliphatic rings. The maximum absolute atomic E-state index is 13.0. The number of fused-ring (bicyclic) bond motifs is 1. The van der Waals surface area contributed by atoms with Crippen LogP contribution in [0.1, 0.15) is 52.2 Å². The Morgan fingerprint density at radius 2 is 1.93 bits per heavy atom. The van der Waals surface area contributed by atoms with Gasteiger partial charge >= 0.3 is 0 Å². The number of halogens is 1. The molecule has 1 heterocycles. The van der Waals surface area contributed by atoms with E-state index < -0.39 is 5.91 Å². The molecular weight excluding hydrogens is 385 g/mol. The van der Waals surface area contributed by atoms with Crippen LogP contribution in [-0.4, -0.2) is 41.1 Å². The molecule has 2 amide bonds. The van der Waals surface area contributed by atoms with E-state index in [1.165, 1.54) is 12.1 Å². The first-order valence-corrected chi connectivity index (χ1v) is 10.4. The van der Waals surface area contributed by atoms with Crippen molar-refractivity contribution in [1.29, 1.82) is 0 Å². The number of hydrogen-bond acceptors (Lipinski definition) is 4. The molecule has 0 spiro atoms. The number of hydrogen-bond donors (Lipinski definition) is 3. The largest absolute Gasteiger partial charge is 0.338 e. The van der Waals surface area contributed by atoms with Gasteiger partial charge in [-0.15, -0.1) is 0 Å². The molecular formula is C23H26FN3O3. The number of nitrogens with zero attached hydrogens (tertiary/aromatic N) is 1. The zero-order valence-electron chi connectivity index (χ0n) is 16.7. The molecule has 0 saturated heterocycles. The Hall–Kier alpha value is -2.77. The van der Waals surface area contributed by atoms with E-state index in [0.29, 0.717) is 37.0 Å². The Labute approximate surface area is 175 Å². The number of benzene rings is 2. The highest BCUT2D eigenvalue weighted by molar-refractivity contribution is 5.93. The summed E-state index contributed by atoms with van der Waals surface area (Å²) < 4.78 is 13.0. The lowest BCUT2D eigenvalue weighted by molar-refractivity contribution is -0.132. The summed E-state index contributed by atoms with van der Waals surface area (Å²) in [6.45, 7) is 1.95. The van der Waals surface area contributed by atoms with Crippen LogP contribution >= 0.6 is 0 Å². The first kappa shape index (κ1) is 20.5. The Kier molecular flexibility index (Phi) is 6.11. The van der Waals surface area contributed by atoms with Gasteiger partial charge in [0.1, 0.15) is 5.82 Å². The lowest BCUT2D eigenvalue weighted by atomic mass is 9.97. The number of hydroxylamine groups is 1. The Balaban J connectivity index is 1.21. The smallest absolute Gasteiger partial charge is 0.274 e. The molecule has 158 valence electrons. The summed E-state index contributed by atoms with van der Waals surface area (Å²) in [5, 5.41) is 12.3. The molecule has 0 radical (unpaired) electrons. The minimum atomic E-state index is -0.550. The van der Waals surface area contributed by atoms with Crippen molar-refractivity contribution in [1.82, 2.24) is 15.7 Å². The Morgan fingerprint density at radius 3 is 2.70 bits per heavy atom. The summed E-state index contributed by atoms with van der Waals surface area (Å²) in [6.07, 6.45) is 3.06. The van der Waals surface area contributed by atoms with E-state index in [2.05, 4.69) is 5.32 Å². The summed E-state index contributed by atoms with van der Waals surface area (Å²) in [5.74, 6) is -0.211. The van der Waals surface area contributed by atoms with E-state index in [1.54, 1.807) is 17.6 Å². The monoisotopic (exact) mass is 411 g/mol. The van der Waals surface area contributed by atoms with Crippen LogP contribution in [0.5, 0.6) is 0 Å². The highest BCUT2D eigenvalue weighted by atomic mass is 19.1. The molecule has 0 aromatic heterocycles. The van der Waals surface area contributed by atoms with Gasteiger partial charge in [-0.05, 0) is 66.8 Å². The minimum absolute atomic E-state index is 0.116. The highest BCUT2D eigenvalue weighted by Gasteiger charge is 2.37. The number of nitrogens with one attached hydrogen (secondary N) is 2. The lowest BCUT2D eigenvalue weighted by Gasteiger charge is -2.29. The second kappa shape index (κ2) is 8.93. The lowest BCUT2D eigenvalue weighted by Crippen LogP contribution is -2.36. The summed E-state index contributed by atoms with van der Waals surface area (Å²) >= 11 is 0. The Bertz CT molecular complexity index is 932. The third-order valence-corrected chi connectivity index (χ3v) is 6.00. The molecule has 30 heavy (non-hydrogen) atoms. The summed E-state index contributed by atoms with van der Waals surface area (Å²) in [6, 6.07) is 12.4. The third-order valence-electron chi connectivity index (χ3n) is 6.00. The van der Waals surface area contributed by atoms with Gasteiger partial charge in [-0.2, -0.15) is 0 Å². The van der Waals surface area contributed by atoms with Crippen LogP contribution in [0.25, 0.3) is 0 Å². The maximum atomic E-state index is 13.0. The van der Waals surface area contributed by atoms with Crippen molar-refractivity contribution in [3.05, 3.63) is 70.5 Å². The van der Waals surface area contributed by atoms with Gasteiger partial charge in [0.15, 0.2) is 0 Å². The van der Waals surface area contributed by atoms with Gasteiger partial charge in [-0.25, -0.2) is 9.87 Å². The van der Waals surface area contributed by atoms with Gasteiger partial charge in [0.05, 0.1) is 0 Å². The topological polar surface area (TPSA) is 81.7 Å². The van der Waals surface area contributed by atoms with Crippen LogP contribution in [0.3, 0.4) is 0 Å². The van der Waals surface area contributed by atoms with E-state index in [-0.39, 0.29) is 11.7 Å². The molecule has 1 saturated carbocycles. The molecule has 2 aromatic rings. The van der Waals surface area contributed by atoms with Crippen LogP contribution in [0.15, 0.2) is 42.5 Å². The molecule has 4 rings (SSSR count). The van der Waals surface area contributed by atoms with Gasteiger partial charge in [0, 0.05) is 37.0 Å². The molecule has 3 N–H and O–H groups in total. The quantitative estimate of drug-likeness (QED) is 0.372. The number of amides is 2. The van der Waals surface area contributed by atoms with Crippen LogP contribution in [-0.2, 0) is 17.8 Å². The van der Waals surface area contributed by atoms with Gasteiger partial charge in [0.2, 0.25) is 5.91 Å². The van der Waals surface area contributed by atoms with E-state index in [4.69, 9.17) is 5.21 Å².